The Morgan fingerprint density at radius 3 is 2.80 bits per heavy atom. The molecule has 0 fully saturated rings. The molecule has 1 N–H and O–H groups in total. The molecule has 4 rings (SSSR count). The van der Waals surface area contributed by atoms with Crippen LogP contribution in [0, 0.1) is 5.41 Å². The van der Waals surface area contributed by atoms with Gasteiger partial charge >= 0.3 is 0 Å². The average Bonchev–Trinajstić information content (AvgIpc) is 3.03. The van der Waals surface area contributed by atoms with E-state index in [0.717, 1.165) is 38.8 Å². The number of pyridine rings is 1. The monoisotopic (exact) mass is 350 g/mol. The summed E-state index contributed by atoms with van der Waals surface area (Å²) in [5.41, 5.74) is 3.28. The van der Waals surface area contributed by atoms with Crippen molar-refractivity contribution in [3.63, 3.8) is 0 Å². The molecule has 0 atom stereocenters. The van der Waals surface area contributed by atoms with E-state index >= 15 is 0 Å². The molecule has 4 nitrogen and oxygen atoms in total. The van der Waals surface area contributed by atoms with Gasteiger partial charge in [-0.05, 0) is 41.7 Å². The van der Waals surface area contributed by atoms with Crippen molar-refractivity contribution in [2.24, 2.45) is 5.41 Å². The van der Waals surface area contributed by atoms with Crippen LogP contribution < -0.4 is 0 Å². The van der Waals surface area contributed by atoms with Gasteiger partial charge in [0.15, 0.2) is 5.78 Å². The van der Waals surface area contributed by atoms with Gasteiger partial charge in [-0.1, -0.05) is 26.0 Å². The second-order valence-corrected chi connectivity index (χ2v) is 8.24. The maximum atomic E-state index is 12.3. The highest BCUT2D eigenvalue weighted by molar-refractivity contribution is 7.18. The molecular formula is C20H18N2O2S. The van der Waals surface area contributed by atoms with Crippen LogP contribution >= 0.6 is 11.3 Å². The number of hydrogen-bond acceptors (Lipinski definition) is 5. The minimum Gasteiger partial charge on any atom is -0.508 e. The second kappa shape index (κ2) is 5.77. The number of carbonyl (C=O) groups excluding carboxylic acids is 1. The predicted molar refractivity (Wildman–Crippen MR) is 98.9 cm³/mol. The number of phenols is 1. The number of fused-ring (bicyclic) bond motifs is 1. The Bertz CT molecular complexity index is 975. The second-order valence-electron chi connectivity index (χ2n) is 7.21. The summed E-state index contributed by atoms with van der Waals surface area (Å²) < 4.78 is 0. The fraction of sp³-hybridized carbons (Fsp3) is 0.250. The molecule has 0 saturated heterocycles. The van der Waals surface area contributed by atoms with Crippen LogP contribution in [0.1, 0.15) is 36.3 Å². The molecule has 0 spiro atoms. The molecule has 25 heavy (non-hydrogen) atoms. The first-order chi connectivity index (χ1) is 11.9. The minimum atomic E-state index is -0.0503. The Kier molecular flexibility index (Phi) is 3.69. The largest absolute Gasteiger partial charge is 0.508 e. The zero-order chi connectivity index (χ0) is 17.6. The Labute approximate surface area is 150 Å². The predicted octanol–water partition coefficient (Wildman–Crippen LogP) is 4.73. The van der Waals surface area contributed by atoms with Gasteiger partial charge in [0, 0.05) is 18.2 Å². The average molecular weight is 350 g/mol. The SMILES string of the molecule is CC1(C)CC(=O)c2ccc(-c3ncc(-c4cccc(O)c4)s3)nc2C1. The van der Waals surface area contributed by atoms with Crippen LogP contribution in [-0.4, -0.2) is 20.9 Å². The number of Topliss-reactive ketones (excluding diaryl/α,β-unsaturated/α-hetero) is 1. The number of benzene rings is 1. The van der Waals surface area contributed by atoms with Crippen LogP contribution in [0.25, 0.3) is 21.1 Å². The normalized spacial score (nSPS) is 15.8. The van der Waals surface area contributed by atoms with Crippen molar-refractivity contribution in [3.05, 3.63) is 53.9 Å². The summed E-state index contributed by atoms with van der Waals surface area (Å²) in [7, 11) is 0. The quantitative estimate of drug-likeness (QED) is 0.725. The molecule has 1 aromatic carbocycles. The van der Waals surface area contributed by atoms with Crippen LogP contribution in [0.2, 0.25) is 0 Å². The molecule has 126 valence electrons. The molecule has 1 aliphatic carbocycles. The van der Waals surface area contributed by atoms with E-state index in [1.807, 2.05) is 24.3 Å². The number of nitrogens with zero attached hydrogens (tertiary/aromatic N) is 2. The molecule has 0 amide bonds. The Hall–Kier alpha value is -2.53. The summed E-state index contributed by atoms with van der Waals surface area (Å²) in [4.78, 5) is 22.5. The Morgan fingerprint density at radius 2 is 2.00 bits per heavy atom. The van der Waals surface area contributed by atoms with Gasteiger partial charge < -0.3 is 5.11 Å². The molecule has 0 bridgehead atoms. The molecule has 0 radical (unpaired) electrons. The maximum Gasteiger partial charge on any atom is 0.165 e. The van der Waals surface area contributed by atoms with Crippen LogP contribution in [0.3, 0.4) is 0 Å². The van der Waals surface area contributed by atoms with Crippen molar-refractivity contribution in [3.8, 4) is 26.9 Å². The van der Waals surface area contributed by atoms with Crippen LogP contribution in [0.4, 0.5) is 0 Å². The lowest BCUT2D eigenvalue weighted by atomic mass is 9.75. The lowest BCUT2D eigenvalue weighted by molar-refractivity contribution is 0.0910. The summed E-state index contributed by atoms with van der Waals surface area (Å²) >= 11 is 1.53. The van der Waals surface area contributed by atoms with Gasteiger partial charge in [-0.2, -0.15) is 0 Å². The van der Waals surface area contributed by atoms with Crippen molar-refractivity contribution in [2.45, 2.75) is 26.7 Å². The van der Waals surface area contributed by atoms with Crippen LogP contribution in [0.15, 0.2) is 42.6 Å². The molecule has 5 heteroatoms. The van der Waals surface area contributed by atoms with E-state index in [9.17, 15) is 9.90 Å². The highest BCUT2D eigenvalue weighted by Gasteiger charge is 2.32. The number of phenolic OH excluding ortho intramolecular Hbond substituents is 1. The van der Waals surface area contributed by atoms with E-state index < -0.39 is 0 Å². The molecule has 3 aromatic rings. The highest BCUT2D eigenvalue weighted by atomic mass is 32.1. The lowest BCUT2D eigenvalue weighted by Crippen LogP contribution is -2.27. The fourth-order valence-corrected chi connectivity index (χ4v) is 4.12. The van der Waals surface area contributed by atoms with Crippen molar-refractivity contribution in [1.29, 1.82) is 0 Å². The first kappa shape index (κ1) is 16.0. The van der Waals surface area contributed by atoms with E-state index in [4.69, 9.17) is 4.98 Å². The molecule has 2 aromatic heterocycles. The van der Waals surface area contributed by atoms with Crippen molar-refractivity contribution in [2.75, 3.05) is 0 Å². The fourth-order valence-electron chi connectivity index (χ4n) is 3.24. The first-order valence-corrected chi connectivity index (χ1v) is 9.02. The van der Waals surface area contributed by atoms with E-state index in [2.05, 4.69) is 18.8 Å². The zero-order valence-electron chi connectivity index (χ0n) is 14.1. The zero-order valence-corrected chi connectivity index (χ0v) is 14.9. The maximum absolute atomic E-state index is 12.3. The summed E-state index contributed by atoms with van der Waals surface area (Å²) in [6, 6.07) is 10.9. The van der Waals surface area contributed by atoms with E-state index in [1.54, 1.807) is 18.3 Å². The van der Waals surface area contributed by atoms with Gasteiger partial charge in [0.2, 0.25) is 0 Å². The summed E-state index contributed by atoms with van der Waals surface area (Å²) in [6.45, 7) is 4.21. The summed E-state index contributed by atoms with van der Waals surface area (Å²) in [6.07, 6.45) is 3.16. The lowest BCUT2D eigenvalue weighted by Gasteiger charge is -2.29. The highest BCUT2D eigenvalue weighted by Crippen LogP contribution is 2.36. The van der Waals surface area contributed by atoms with Crippen molar-refractivity contribution >= 4 is 17.1 Å². The van der Waals surface area contributed by atoms with Gasteiger partial charge in [-0.15, -0.1) is 11.3 Å². The van der Waals surface area contributed by atoms with Gasteiger partial charge in [0.1, 0.15) is 10.8 Å². The van der Waals surface area contributed by atoms with E-state index in [-0.39, 0.29) is 16.9 Å². The third kappa shape index (κ3) is 3.07. The molecule has 0 saturated carbocycles. The Morgan fingerprint density at radius 1 is 1.16 bits per heavy atom. The molecule has 2 heterocycles. The Balaban J connectivity index is 1.71. The number of hydrogen-bond donors (Lipinski definition) is 1. The summed E-state index contributed by atoms with van der Waals surface area (Å²) in [5, 5.41) is 10.5. The molecule has 0 aliphatic heterocycles. The first-order valence-electron chi connectivity index (χ1n) is 8.20. The number of aromatic nitrogens is 2. The topological polar surface area (TPSA) is 63.1 Å². The molecule has 1 aliphatic rings. The van der Waals surface area contributed by atoms with Gasteiger partial charge in [-0.3, -0.25) is 4.79 Å². The summed E-state index contributed by atoms with van der Waals surface area (Å²) in [5.74, 6) is 0.407. The van der Waals surface area contributed by atoms with Gasteiger partial charge in [-0.25, -0.2) is 9.97 Å². The number of aromatic hydroxyl groups is 1. The number of rotatable bonds is 2. The van der Waals surface area contributed by atoms with Crippen molar-refractivity contribution in [1.82, 2.24) is 9.97 Å². The van der Waals surface area contributed by atoms with Crippen LogP contribution in [0.5, 0.6) is 5.75 Å². The van der Waals surface area contributed by atoms with Gasteiger partial charge in [0.25, 0.3) is 0 Å². The third-order valence-electron chi connectivity index (χ3n) is 4.42. The number of ketones is 1. The minimum absolute atomic E-state index is 0.0503. The number of thiazole rings is 1. The molecular weight excluding hydrogens is 332 g/mol. The number of carbonyl (C=O) groups is 1. The third-order valence-corrected chi connectivity index (χ3v) is 5.48. The van der Waals surface area contributed by atoms with Crippen molar-refractivity contribution < 1.29 is 9.90 Å². The molecule has 0 unspecified atom stereocenters. The standard InChI is InChI=1S/C20H18N2O2S/c1-20(2)9-16-14(17(24)10-20)6-7-15(22-16)19-21-11-18(25-19)12-4-3-5-13(23)8-12/h3-8,11,23H,9-10H2,1-2H3. The van der Waals surface area contributed by atoms with Gasteiger partial charge in [0.05, 0.1) is 16.3 Å². The van der Waals surface area contributed by atoms with E-state index in [1.165, 1.54) is 11.3 Å². The smallest absolute Gasteiger partial charge is 0.165 e. The van der Waals surface area contributed by atoms with E-state index in [0.29, 0.717) is 6.42 Å². The van der Waals surface area contributed by atoms with Crippen LogP contribution in [-0.2, 0) is 6.42 Å².